The van der Waals surface area contributed by atoms with E-state index in [0.717, 1.165) is 5.56 Å². The molecule has 1 aliphatic rings. The predicted octanol–water partition coefficient (Wildman–Crippen LogP) is 0.148. The number of nitrogens with two attached hydrogens (primary N) is 1. The molecule has 11 heavy (non-hydrogen) atoms. The highest BCUT2D eigenvalue weighted by molar-refractivity contribution is 6.02. The Bertz CT molecular complexity index is 309. The number of Topliss-reactive ketones (excluding diaryl/α,β-unsaturated/α-hetero) is 1. The normalized spacial score (nSPS) is 21.9. The molecule has 3 heteroatoms. The van der Waals surface area contributed by atoms with E-state index < -0.39 is 0 Å². The van der Waals surface area contributed by atoms with E-state index in [-0.39, 0.29) is 11.8 Å². The fourth-order valence-electron chi connectivity index (χ4n) is 1.33. The average molecular weight is 148 g/mol. The first-order valence-corrected chi connectivity index (χ1v) is 3.53. The van der Waals surface area contributed by atoms with E-state index in [1.165, 1.54) is 0 Å². The third-order valence-corrected chi connectivity index (χ3v) is 1.90. The number of ketones is 1. The summed E-state index contributed by atoms with van der Waals surface area (Å²) in [6, 6.07) is 3.36. The first-order chi connectivity index (χ1) is 5.29. The van der Waals surface area contributed by atoms with Gasteiger partial charge in [0.05, 0.1) is 6.04 Å². The Balaban J connectivity index is 2.55. The fraction of sp³-hybridized carbons (Fsp3) is 0.250. The highest BCUT2D eigenvalue weighted by Gasteiger charge is 2.27. The van der Waals surface area contributed by atoms with Crippen molar-refractivity contribution in [2.75, 3.05) is 0 Å². The van der Waals surface area contributed by atoms with Crippen LogP contribution in [-0.2, 0) is 6.42 Å². The van der Waals surface area contributed by atoms with Gasteiger partial charge in [0, 0.05) is 6.20 Å². The third-order valence-electron chi connectivity index (χ3n) is 1.90. The molecule has 0 saturated carbocycles. The maximum atomic E-state index is 11.2. The molecule has 2 N–H and O–H groups in total. The Kier molecular flexibility index (Phi) is 1.26. The lowest BCUT2D eigenvalue weighted by atomic mass is 10.2. The minimum Gasteiger partial charge on any atom is -0.321 e. The molecule has 0 fully saturated rings. The van der Waals surface area contributed by atoms with Gasteiger partial charge < -0.3 is 5.73 Å². The predicted molar refractivity (Wildman–Crippen MR) is 40.2 cm³/mol. The Hall–Kier alpha value is -1.22. The minimum atomic E-state index is -0.361. The zero-order valence-corrected chi connectivity index (χ0v) is 5.95. The average Bonchev–Trinajstić information content (AvgIpc) is 2.30. The molecular weight excluding hydrogens is 140 g/mol. The molecule has 1 aromatic rings. The molecule has 0 spiro atoms. The molecule has 3 nitrogen and oxygen atoms in total. The van der Waals surface area contributed by atoms with Crippen molar-refractivity contribution in [3.05, 3.63) is 29.6 Å². The Morgan fingerprint density at radius 3 is 3.18 bits per heavy atom. The largest absolute Gasteiger partial charge is 0.321 e. The van der Waals surface area contributed by atoms with E-state index in [1.54, 1.807) is 6.20 Å². The van der Waals surface area contributed by atoms with Crippen LogP contribution in [0.25, 0.3) is 0 Å². The lowest BCUT2D eigenvalue weighted by Crippen LogP contribution is -2.26. The van der Waals surface area contributed by atoms with Crippen molar-refractivity contribution in [1.29, 1.82) is 0 Å². The van der Waals surface area contributed by atoms with Crippen LogP contribution in [0.4, 0.5) is 0 Å². The van der Waals surface area contributed by atoms with Crippen molar-refractivity contribution < 1.29 is 4.79 Å². The molecule has 56 valence electrons. The first-order valence-electron chi connectivity index (χ1n) is 3.53. The van der Waals surface area contributed by atoms with Crippen LogP contribution in [0, 0.1) is 0 Å². The van der Waals surface area contributed by atoms with Crippen molar-refractivity contribution in [2.24, 2.45) is 5.73 Å². The number of hydrogen-bond donors (Lipinski definition) is 1. The van der Waals surface area contributed by atoms with Crippen LogP contribution in [0.15, 0.2) is 18.3 Å². The van der Waals surface area contributed by atoms with Gasteiger partial charge in [-0.05, 0) is 18.1 Å². The van der Waals surface area contributed by atoms with E-state index >= 15 is 0 Å². The third kappa shape index (κ3) is 0.851. The van der Waals surface area contributed by atoms with Crippen molar-refractivity contribution in [1.82, 2.24) is 4.98 Å². The topological polar surface area (TPSA) is 56.0 Å². The molecule has 1 heterocycles. The molecule has 1 aliphatic carbocycles. The Labute approximate surface area is 64.2 Å². The monoisotopic (exact) mass is 148 g/mol. The van der Waals surface area contributed by atoms with Gasteiger partial charge in [0.15, 0.2) is 5.78 Å². The molecule has 0 radical (unpaired) electrons. The summed E-state index contributed by atoms with van der Waals surface area (Å²) < 4.78 is 0. The van der Waals surface area contributed by atoms with Crippen molar-refractivity contribution in [3.63, 3.8) is 0 Å². The van der Waals surface area contributed by atoms with E-state index in [2.05, 4.69) is 4.98 Å². The van der Waals surface area contributed by atoms with E-state index in [1.807, 2.05) is 12.1 Å². The van der Waals surface area contributed by atoms with Crippen LogP contribution in [0.3, 0.4) is 0 Å². The second-order valence-corrected chi connectivity index (χ2v) is 2.69. The number of carbonyl (C=O) groups is 1. The zero-order valence-electron chi connectivity index (χ0n) is 5.95. The van der Waals surface area contributed by atoms with E-state index in [0.29, 0.717) is 12.1 Å². The molecule has 0 saturated heterocycles. The summed E-state index contributed by atoms with van der Waals surface area (Å²) in [6.07, 6.45) is 2.26. The van der Waals surface area contributed by atoms with Crippen LogP contribution in [0.1, 0.15) is 16.1 Å². The van der Waals surface area contributed by atoms with Gasteiger partial charge in [-0.15, -0.1) is 0 Å². The van der Waals surface area contributed by atoms with Gasteiger partial charge in [-0.1, -0.05) is 6.07 Å². The summed E-state index contributed by atoms with van der Waals surface area (Å²) >= 11 is 0. The van der Waals surface area contributed by atoms with Crippen LogP contribution in [0.5, 0.6) is 0 Å². The number of rotatable bonds is 0. The summed E-state index contributed by atoms with van der Waals surface area (Å²) in [5.41, 5.74) is 7.07. The highest BCUT2D eigenvalue weighted by Crippen LogP contribution is 2.17. The van der Waals surface area contributed by atoms with Crippen molar-refractivity contribution in [2.45, 2.75) is 12.5 Å². The first kappa shape index (κ1) is 6.49. The van der Waals surface area contributed by atoms with Crippen LogP contribution < -0.4 is 5.73 Å². The Morgan fingerprint density at radius 2 is 2.45 bits per heavy atom. The number of aromatic nitrogens is 1. The van der Waals surface area contributed by atoms with Crippen molar-refractivity contribution >= 4 is 5.78 Å². The molecule has 0 aromatic carbocycles. The molecule has 1 atom stereocenters. The highest BCUT2D eigenvalue weighted by atomic mass is 16.1. The minimum absolute atomic E-state index is 0.0272. The van der Waals surface area contributed by atoms with Gasteiger partial charge >= 0.3 is 0 Å². The molecule has 0 unspecified atom stereocenters. The van der Waals surface area contributed by atoms with Crippen molar-refractivity contribution in [3.8, 4) is 0 Å². The second kappa shape index (κ2) is 2.13. The fourth-order valence-corrected chi connectivity index (χ4v) is 1.33. The summed E-state index contributed by atoms with van der Waals surface area (Å²) in [5.74, 6) is -0.0272. The van der Waals surface area contributed by atoms with Crippen LogP contribution >= 0.6 is 0 Å². The number of nitrogens with zero attached hydrogens (tertiary/aromatic N) is 1. The molecule has 0 bridgehead atoms. The second-order valence-electron chi connectivity index (χ2n) is 2.69. The Morgan fingerprint density at radius 1 is 1.64 bits per heavy atom. The van der Waals surface area contributed by atoms with Gasteiger partial charge in [0.2, 0.25) is 0 Å². The lowest BCUT2D eigenvalue weighted by molar-refractivity contribution is 0.0970. The van der Waals surface area contributed by atoms with Crippen LogP contribution in [-0.4, -0.2) is 16.8 Å². The molecule has 2 rings (SSSR count). The zero-order chi connectivity index (χ0) is 7.84. The number of hydrogen-bond acceptors (Lipinski definition) is 3. The smallest absolute Gasteiger partial charge is 0.198 e. The van der Waals surface area contributed by atoms with E-state index in [9.17, 15) is 4.79 Å². The number of pyridine rings is 1. The molecule has 1 aromatic heterocycles. The maximum absolute atomic E-state index is 11.2. The molecule has 0 aliphatic heterocycles. The van der Waals surface area contributed by atoms with Gasteiger partial charge in [-0.3, -0.25) is 9.78 Å². The standard InChI is InChI=1S/C8H8N2O/c9-6-4-5-2-1-3-10-7(5)8(6)11/h1-3,6H,4,9H2/t6-/m1/s1. The number of fused-ring (bicyclic) bond motifs is 1. The molecular formula is C8H8N2O. The van der Waals surface area contributed by atoms with Gasteiger partial charge in [-0.2, -0.15) is 0 Å². The van der Waals surface area contributed by atoms with Crippen LogP contribution in [0.2, 0.25) is 0 Å². The summed E-state index contributed by atoms with van der Waals surface area (Å²) in [4.78, 5) is 15.2. The van der Waals surface area contributed by atoms with E-state index in [4.69, 9.17) is 5.73 Å². The van der Waals surface area contributed by atoms with Gasteiger partial charge in [-0.25, -0.2) is 0 Å². The van der Waals surface area contributed by atoms with Gasteiger partial charge in [0.1, 0.15) is 5.69 Å². The number of carbonyl (C=O) groups excluding carboxylic acids is 1. The maximum Gasteiger partial charge on any atom is 0.198 e. The quantitative estimate of drug-likeness (QED) is 0.569. The summed E-state index contributed by atoms with van der Waals surface area (Å²) in [7, 11) is 0. The lowest BCUT2D eigenvalue weighted by Gasteiger charge is -1.93. The summed E-state index contributed by atoms with van der Waals surface area (Å²) in [6.45, 7) is 0. The molecule has 0 amide bonds. The SMILES string of the molecule is N[C@@H]1Cc2cccnc2C1=O. The summed E-state index contributed by atoms with van der Waals surface area (Å²) in [5, 5.41) is 0. The van der Waals surface area contributed by atoms with Gasteiger partial charge in [0.25, 0.3) is 0 Å².